The number of aliphatic hydroxyl groups is 1. The topological polar surface area (TPSA) is 29.5 Å². The van der Waals surface area contributed by atoms with Gasteiger partial charge in [-0.25, -0.2) is 0 Å². The van der Waals surface area contributed by atoms with Gasteiger partial charge in [0.15, 0.2) is 0 Å². The first-order valence-electron chi connectivity index (χ1n) is 6.60. The third-order valence-corrected chi connectivity index (χ3v) is 2.59. The molecule has 0 saturated carbocycles. The minimum atomic E-state index is 0.247. The van der Waals surface area contributed by atoms with Crippen molar-refractivity contribution in [2.75, 3.05) is 19.8 Å². The van der Waals surface area contributed by atoms with E-state index in [2.05, 4.69) is 6.92 Å². The molecular weight excluding hydrogens is 188 g/mol. The maximum Gasteiger partial charge on any atom is 0.0487 e. The number of hydrogen-bond acceptors (Lipinski definition) is 2. The van der Waals surface area contributed by atoms with Crippen LogP contribution in [0.3, 0.4) is 0 Å². The minimum absolute atomic E-state index is 0.247. The molecule has 0 radical (unpaired) electrons. The normalized spacial score (nSPS) is 10.8. The largest absolute Gasteiger partial charge is 0.396 e. The Labute approximate surface area is 95.0 Å². The van der Waals surface area contributed by atoms with Crippen molar-refractivity contribution in [2.45, 2.75) is 64.7 Å². The summed E-state index contributed by atoms with van der Waals surface area (Å²) in [6.07, 6.45) is 11.5. The van der Waals surface area contributed by atoms with E-state index < -0.39 is 0 Å². The molecule has 15 heavy (non-hydrogen) atoms. The zero-order valence-electron chi connectivity index (χ0n) is 10.3. The third-order valence-electron chi connectivity index (χ3n) is 2.59. The summed E-state index contributed by atoms with van der Waals surface area (Å²) in [6.45, 7) is 4.09. The lowest BCUT2D eigenvalue weighted by Crippen LogP contribution is -1.98. The van der Waals surface area contributed by atoms with Gasteiger partial charge in [0.2, 0.25) is 0 Å². The molecule has 0 aromatic heterocycles. The SMILES string of the molecule is CCCCCCCCCCOCCCO. The summed E-state index contributed by atoms with van der Waals surface area (Å²) >= 11 is 0. The van der Waals surface area contributed by atoms with Gasteiger partial charge in [-0.2, -0.15) is 0 Å². The molecule has 0 aliphatic carbocycles. The Bertz CT molecular complexity index is 92.7. The van der Waals surface area contributed by atoms with Crippen molar-refractivity contribution in [3.8, 4) is 0 Å². The molecule has 0 aliphatic rings. The molecule has 0 amide bonds. The highest BCUT2D eigenvalue weighted by atomic mass is 16.5. The average molecular weight is 216 g/mol. The van der Waals surface area contributed by atoms with E-state index in [1.54, 1.807) is 0 Å². The fraction of sp³-hybridized carbons (Fsp3) is 1.00. The standard InChI is InChI=1S/C13H28O2/c1-2-3-4-5-6-7-8-9-12-15-13-10-11-14/h14H,2-13H2,1H3. The van der Waals surface area contributed by atoms with Gasteiger partial charge in [-0.1, -0.05) is 51.9 Å². The van der Waals surface area contributed by atoms with E-state index in [9.17, 15) is 0 Å². The number of aliphatic hydroxyl groups excluding tert-OH is 1. The highest BCUT2D eigenvalue weighted by Crippen LogP contribution is 2.08. The second-order valence-corrected chi connectivity index (χ2v) is 4.16. The number of ether oxygens (including phenoxy) is 1. The van der Waals surface area contributed by atoms with Crippen molar-refractivity contribution < 1.29 is 9.84 Å². The molecule has 0 fully saturated rings. The van der Waals surface area contributed by atoms with Crippen LogP contribution in [0.4, 0.5) is 0 Å². The van der Waals surface area contributed by atoms with E-state index in [0.29, 0.717) is 6.61 Å². The molecular formula is C13H28O2. The molecule has 0 heterocycles. The minimum Gasteiger partial charge on any atom is -0.396 e. The van der Waals surface area contributed by atoms with Crippen molar-refractivity contribution in [1.82, 2.24) is 0 Å². The predicted octanol–water partition coefficient (Wildman–Crippen LogP) is 3.53. The second-order valence-electron chi connectivity index (χ2n) is 4.16. The summed E-state index contributed by atoms with van der Waals surface area (Å²) < 4.78 is 5.36. The van der Waals surface area contributed by atoms with Crippen molar-refractivity contribution in [2.24, 2.45) is 0 Å². The van der Waals surface area contributed by atoms with Crippen molar-refractivity contribution in [1.29, 1.82) is 0 Å². The smallest absolute Gasteiger partial charge is 0.0487 e. The van der Waals surface area contributed by atoms with Gasteiger partial charge in [0.05, 0.1) is 0 Å². The van der Waals surface area contributed by atoms with E-state index in [0.717, 1.165) is 13.0 Å². The van der Waals surface area contributed by atoms with Crippen LogP contribution in [0.25, 0.3) is 0 Å². The number of rotatable bonds is 12. The molecule has 0 aromatic rings. The van der Waals surface area contributed by atoms with Crippen molar-refractivity contribution >= 4 is 0 Å². The Morgan fingerprint density at radius 2 is 1.27 bits per heavy atom. The number of unbranched alkanes of at least 4 members (excludes halogenated alkanes) is 7. The van der Waals surface area contributed by atoms with Gasteiger partial charge < -0.3 is 9.84 Å². The first kappa shape index (κ1) is 14.9. The van der Waals surface area contributed by atoms with E-state index in [1.165, 1.54) is 51.4 Å². The van der Waals surface area contributed by atoms with Crippen LogP contribution in [0, 0.1) is 0 Å². The van der Waals surface area contributed by atoms with E-state index in [-0.39, 0.29) is 6.61 Å². The summed E-state index contributed by atoms with van der Waals surface area (Å²) in [5.41, 5.74) is 0. The van der Waals surface area contributed by atoms with Gasteiger partial charge in [-0.05, 0) is 12.8 Å². The number of hydrogen-bond donors (Lipinski definition) is 1. The maximum atomic E-state index is 8.53. The van der Waals surface area contributed by atoms with Crippen LogP contribution < -0.4 is 0 Å². The maximum absolute atomic E-state index is 8.53. The highest BCUT2D eigenvalue weighted by Gasteiger charge is 1.92. The molecule has 2 heteroatoms. The summed E-state index contributed by atoms with van der Waals surface area (Å²) in [5, 5.41) is 8.53. The Hall–Kier alpha value is -0.0800. The van der Waals surface area contributed by atoms with Crippen LogP contribution in [0.1, 0.15) is 64.7 Å². The van der Waals surface area contributed by atoms with Crippen LogP contribution >= 0.6 is 0 Å². The average Bonchev–Trinajstić information content (AvgIpc) is 2.26. The van der Waals surface area contributed by atoms with E-state index >= 15 is 0 Å². The zero-order valence-corrected chi connectivity index (χ0v) is 10.3. The van der Waals surface area contributed by atoms with Crippen LogP contribution in [0.15, 0.2) is 0 Å². The molecule has 0 atom stereocenters. The van der Waals surface area contributed by atoms with Crippen LogP contribution in [-0.4, -0.2) is 24.9 Å². The molecule has 1 N–H and O–H groups in total. The van der Waals surface area contributed by atoms with Gasteiger partial charge in [-0.3, -0.25) is 0 Å². The molecule has 0 rings (SSSR count). The predicted molar refractivity (Wildman–Crippen MR) is 65.1 cm³/mol. The summed E-state index contributed by atoms with van der Waals surface area (Å²) in [4.78, 5) is 0. The summed E-state index contributed by atoms with van der Waals surface area (Å²) in [7, 11) is 0. The lowest BCUT2D eigenvalue weighted by atomic mass is 10.1. The fourth-order valence-electron chi connectivity index (χ4n) is 1.61. The molecule has 0 saturated heterocycles. The molecule has 0 spiro atoms. The van der Waals surface area contributed by atoms with Gasteiger partial charge in [0, 0.05) is 19.8 Å². The van der Waals surface area contributed by atoms with Crippen molar-refractivity contribution in [3.05, 3.63) is 0 Å². The molecule has 0 aliphatic heterocycles. The van der Waals surface area contributed by atoms with Crippen LogP contribution in [0.2, 0.25) is 0 Å². The second kappa shape index (κ2) is 13.9. The molecule has 2 nitrogen and oxygen atoms in total. The summed E-state index contributed by atoms with van der Waals surface area (Å²) in [5.74, 6) is 0. The highest BCUT2D eigenvalue weighted by molar-refractivity contribution is 4.45. The van der Waals surface area contributed by atoms with Gasteiger partial charge in [0.1, 0.15) is 0 Å². The van der Waals surface area contributed by atoms with Gasteiger partial charge >= 0.3 is 0 Å². The first-order chi connectivity index (χ1) is 7.41. The zero-order chi connectivity index (χ0) is 11.2. The van der Waals surface area contributed by atoms with Gasteiger partial charge in [-0.15, -0.1) is 0 Å². The first-order valence-corrected chi connectivity index (χ1v) is 6.60. The Kier molecular flexibility index (Phi) is 13.8. The monoisotopic (exact) mass is 216 g/mol. The third kappa shape index (κ3) is 13.9. The van der Waals surface area contributed by atoms with Gasteiger partial charge in [0.25, 0.3) is 0 Å². The fourth-order valence-corrected chi connectivity index (χ4v) is 1.61. The lowest BCUT2D eigenvalue weighted by Gasteiger charge is -2.03. The Balaban J connectivity index is 2.81. The van der Waals surface area contributed by atoms with E-state index in [4.69, 9.17) is 9.84 Å². The quantitative estimate of drug-likeness (QED) is 0.506. The van der Waals surface area contributed by atoms with Crippen LogP contribution in [-0.2, 0) is 4.74 Å². The molecule has 0 aromatic carbocycles. The molecule has 92 valence electrons. The van der Waals surface area contributed by atoms with Crippen LogP contribution in [0.5, 0.6) is 0 Å². The summed E-state index contributed by atoms with van der Waals surface area (Å²) in [6, 6.07) is 0. The van der Waals surface area contributed by atoms with Crippen molar-refractivity contribution in [3.63, 3.8) is 0 Å². The molecule has 0 bridgehead atoms. The molecule has 0 unspecified atom stereocenters. The lowest BCUT2D eigenvalue weighted by molar-refractivity contribution is 0.112. The van der Waals surface area contributed by atoms with E-state index in [1.807, 2.05) is 0 Å². The Morgan fingerprint density at radius 3 is 1.87 bits per heavy atom. The Morgan fingerprint density at radius 1 is 0.733 bits per heavy atom.